The van der Waals surface area contributed by atoms with Crippen LogP contribution in [0.15, 0.2) is 24.5 Å². The first kappa shape index (κ1) is 25.1. The number of alkyl halides is 5. The molecule has 2 aromatic rings. The highest BCUT2D eigenvalue weighted by Crippen LogP contribution is 2.31. The van der Waals surface area contributed by atoms with Crippen molar-refractivity contribution in [3.05, 3.63) is 35.8 Å². The molecule has 0 unspecified atom stereocenters. The van der Waals surface area contributed by atoms with Crippen LogP contribution in [0.5, 0.6) is 5.75 Å². The van der Waals surface area contributed by atoms with Gasteiger partial charge in [0.25, 0.3) is 11.8 Å². The van der Waals surface area contributed by atoms with Crippen LogP contribution < -0.4 is 15.4 Å². The van der Waals surface area contributed by atoms with Crippen molar-refractivity contribution in [2.45, 2.75) is 45.0 Å². The molecule has 3 rings (SSSR count). The quantitative estimate of drug-likeness (QED) is 0.601. The highest BCUT2D eigenvalue weighted by molar-refractivity contribution is 5.94. The number of pyridine rings is 1. The third kappa shape index (κ3) is 6.71. The lowest BCUT2D eigenvalue weighted by Gasteiger charge is -2.39. The third-order valence-electron chi connectivity index (χ3n) is 4.91. The predicted molar refractivity (Wildman–Crippen MR) is 109 cm³/mol. The molecule has 0 aromatic carbocycles. The van der Waals surface area contributed by atoms with Crippen LogP contribution >= 0.6 is 0 Å². The van der Waals surface area contributed by atoms with Crippen LogP contribution in [0.25, 0.3) is 0 Å². The molecular formula is C20H21F5N6O3. The second-order valence-corrected chi connectivity index (χ2v) is 7.69. The molecule has 1 atom stereocenters. The van der Waals surface area contributed by atoms with Gasteiger partial charge in [-0.05, 0) is 25.0 Å². The summed E-state index contributed by atoms with van der Waals surface area (Å²) in [7, 11) is 0. The Morgan fingerprint density at radius 2 is 2.03 bits per heavy atom. The van der Waals surface area contributed by atoms with Gasteiger partial charge in [0.15, 0.2) is 0 Å². The second kappa shape index (κ2) is 9.73. The van der Waals surface area contributed by atoms with E-state index in [4.69, 9.17) is 0 Å². The summed E-state index contributed by atoms with van der Waals surface area (Å²) in [6.07, 6.45) is -3.03. The summed E-state index contributed by atoms with van der Waals surface area (Å²) in [5.74, 6) is -5.08. The van der Waals surface area contributed by atoms with Gasteiger partial charge in [-0.2, -0.15) is 0 Å². The van der Waals surface area contributed by atoms with Gasteiger partial charge in [-0.15, -0.1) is 13.2 Å². The Morgan fingerprint density at radius 1 is 1.29 bits per heavy atom. The van der Waals surface area contributed by atoms with E-state index in [1.54, 1.807) is 0 Å². The Kier molecular flexibility index (Phi) is 7.17. The highest BCUT2D eigenvalue weighted by Gasteiger charge is 2.43. The molecule has 1 saturated heterocycles. The molecule has 184 valence electrons. The average Bonchev–Trinajstić information content (AvgIpc) is 2.72. The van der Waals surface area contributed by atoms with E-state index in [9.17, 15) is 31.5 Å². The lowest BCUT2D eigenvalue weighted by atomic mass is 9.98. The molecule has 14 heteroatoms. The number of carbonyl (C=O) groups is 2. The van der Waals surface area contributed by atoms with Gasteiger partial charge in [0.1, 0.15) is 17.3 Å². The minimum Gasteiger partial charge on any atom is -0.406 e. The number of halogens is 5. The van der Waals surface area contributed by atoms with Crippen molar-refractivity contribution in [1.29, 1.82) is 0 Å². The smallest absolute Gasteiger partial charge is 0.406 e. The van der Waals surface area contributed by atoms with Crippen molar-refractivity contribution in [2.75, 3.05) is 18.4 Å². The first-order valence-corrected chi connectivity index (χ1v) is 10.1. The fraction of sp³-hybridized carbons (Fsp3) is 0.450. The van der Waals surface area contributed by atoms with E-state index in [1.165, 1.54) is 20.0 Å². The van der Waals surface area contributed by atoms with Crippen LogP contribution in [0.1, 0.15) is 35.8 Å². The SMILES string of the molecule is CC(=O)NC[C@H]1CCC(F)(F)CN1C(=O)c1nc(Nc2cc(OC(F)(F)F)ccn2)ncc1C. The lowest BCUT2D eigenvalue weighted by molar-refractivity contribution is -0.274. The van der Waals surface area contributed by atoms with Crippen molar-refractivity contribution < 1.29 is 36.3 Å². The Labute approximate surface area is 190 Å². The summed E-state index contributed by atoms with van der Waals surface area (Å²) in [5, 5.41) is 5.10. The summed E-state index contributed by atoms with van der Waals surface area (Å²) in [6.45, 7) is 1.94. The van der Waals surface area contributed by atoms with Gasteiger partial charge in [-0.25, -0.2) is 23.7 Å². The summed E-state index contributed by atoms with van der Waals surface area (Å²) in [5.41, 5.74) is 0.121. The van der Waals surface area contributed by atoms with Crippen LogP contribution in [0.4, 0.5) is 33.7 Å². The Bertz CT molecular complexity index is 1070. The van der Waals surface area contributed by atoms with Gasteiger partial charge in [0, 0.05) is 44.4 Å². The molecule has 2 aromatic heterocycles. The maximum atomic E-state index is 14.1. The number of aromatic nitrogens is 3. The topological polar surface area (TPSA) is 109 Å². The summed E-state index contributed by atoms with van der Waals surface area (Å²) in [4.78, 5) is 37.3. The Morgan fingerprint density at radius 3 is 2.71 bits per heavy atom. The molecule has 0 radical (unpaired) electrons. The summed E-state index contributed by atoms with van der Waals surface area (Å²) in [6, 6.07) is 1.28. The van der Waals surface area contributed by atoms with E-state index >= 15 is 0 Å². The van der Waals surface area contributed by atoms with Crippen molar-refractivity contribution >= 4 is 23.6 Å². The molecule has 0 spiro atoms. The fourth-order valence-electron chi connectivity index (χ4n) is 3.35. The number of rotatable bonds is 6. The zero-order valence-corrected chi connectivity index (χ0v) is 18.1. The van der Waals surface area contributed by atoms with Gasteiger partial charge in [-0.1, -0.05) is 0 Å². The molecule has 3 heterocycles. The normalized spacial score (nSPS) is 17.7. The number of anilines is 2. The molecule has 2 amide bonds. The Hall–Kier alpha value is -3.58. The fourth-order valence-corrected chi connectivity index (χ4v) is 3.35. The highest BCUT2D eigenvalue weighted by atomic mass is 19.4. The summed E-state index contributed by atoms with van der Waals surface area (Å²) < 4.78 is 69.4. The molecule has 1 aliphatic rings. The maximum Gasteiger partial charge on any atom is 0.573 e. The zero-order chi connectivity index (χ0) is 25.1. The van der Waals surface area contributed by atoms with Crippen molar-refractivity contribution in [3.8, 4) is 5.75 Å². The standard InChI is InChI=1S/C20H21F5N6O3/c1-11-8-28-18(29-15-7-14(4-6-26-15)34-20(23,24)25)30-16(11)17(33)31-10-19(21,22)5-3-13(31)9-27-12(2)32/h4,6-8,13H,3,5,9-10H2,1-2H3,(H,27,32)(H,26,28,29,30)/t13-/m1/s1. The molecule has 0 bridgehead atoms. The zero-order valence-electron chi connectivity index (χ0n) is 18.1. The van der Waals surface area contributed by atoms with E-state index in [-0.39, 0.29) is 36.3 Å². The molecule has 9 nitrogen and oxygen atoms in total. The van der Waals surface area contributed by atoms with Crippen LogP contribution in [-0.4, -0.2) is 63.1 Å². The number of carbonyl (C=O) groups excluding carboxylic acids is 2. The van der Waals surface area contributed by atoms with Gasteiger partial charge in [0.2, 0.25) is 11.9 Å². The lowest BCUT2D eigenvalue weighted by Crippen LogP contribution is -2.55. The van der Waals surface area contributed by atoms with Crippen molar-refractivity contribution in [2.24, 2.45) is 0 Å². The number of amides is 2. The van der Waals surface area contributed by atoms with Crippen LogP contribution in [0.3, 0.4) is 0 Å². The second-order valence-electron chi connectivity index (χ2n) is 7.69. The molecule has 1 aliphatic heterocycles. The number of aryl methyl sites for hydroxylation is 1. The number of ether oxygens (including phenoxy) is 1. The number of nitrogens with one attached hydrogen (secondary N) is 2. The van der Waals surface area contributed by atoms with Gasteiger partial charge in [0.05, 0.1) is 6.54 Å². The van der Waals surface area contributed by atoms with Gasteiger partial charge < -0.3 is 20.3 Å². The minimum atomic E-state index is -4.90. The maximum absolute atomic E-state index is 14.1. The van der Waals surface area contributed by atoms with Crippen LogP contribution in [-0.2, 0) is 4.79 Å². The van der Waals surface area contributed by atoms with Gasteiger partial charge in [-0.3, -0.25) is 9.59 Å². The predicted octanol–water partition coefficient (Wildman–Crippen LogP) is 3.20. The Balaban J connectivity index is 1.83. The molecular weight excluding hydrogens is 467 g/mol. The van der Waals surface area contributed by atoms with Crippen LogP contribution in [0.2, 0.25) is 0 Å². The van der Waals surface area contributed by atoms with Crippen molar-refractivity contribution in [3.63, 3.8) is 0 Å². The minimum absolute atomic E-state index is 0.00229. The molecule has 1 fully saturated rings. The molecule has 0 aliphatic carbocycles. The average molecular weight is 488 g/mol. The van der Waals surface area contributed by atoms with E-state index in [1.807, 2.05) is 0 Å². The number of nitrogens with zero attached hydrogens (tertiary/aromatic N) is 4. The monoisotopic (exact) mass is 488 g/mol. The first-order chi connectivity index (χ1) is 15.8. The number of hydrogen-bond acceptors (Lipinski definition) is 7. The van der Waals surface area contributed by atoms with Crippen molar-refractivity contribution in [1.82, 2.24) is 25.2 Å². The first-order valence-electron chi connectivity index (χ1n) is 10.1. The van der Waals surface area contributed by atoms with E-state index in [2.05, 4.69) is 30.3 Å². The number of piperidine rings is 1. The van der Waals surface area contributed by atoms with Gasteiger partial charge >= 0.3 is 6.36 Å². The molecule has 0 saturated carbocycles. The van der Waals surface area contributed by atoms with Crippen LogP contribution in [0, 0.1) is 6.92 Å². The number of hydrogen-bond donors (Lipinski definition) is 2. The molecule has 2 N–H and O–H groups in total. The van der Waals surface area contributed by atoms with E-state index in [0.717, 1.165) is 23.2 Å². The van der Waals surface area contributed by atoms with E-state index < -0.39 is 42.9 Å². The largest absolute Gasteiger partial charge is 0.573 e. The third-order valence-corrected chi connectivity index (χ3v) is 4.91. The summed E-state index contributed by atoms with van der Waals surface area (Å²) >= 11 is 0. The molecule has 34 heavy (non-hydrogen) atoms. The number of likely N-dealkylation sites (tertiary alicyclic amines) is 1. The van der Waals surface area contributed by atoms with E-state index in [0.29, 0.717) is 5.56 Å².